The van der Waals surface area contributed by atoms with Gasteiger partial charge in [0.25, 0.3) is 0 Å². The van der Waals surface area contributed by atoms with Crippen LogP contribution < -0.4 is 9.80 Å². The van der Waals surface area contributed by atoms with E-state index >= 15 is 0 Å². The molecule has 10 heterocycles. The summed E-state index contributed by atoms with van der Waals surface area (Å²) in [7, 11) is -14.5. The topological polar surface area (TPSA) is 255 Å². The number of piperidine rings is 2. The normalized spacial score (nSPS) is 20.1. The van der Waals surface area contributed by atoms with Gasteiger partial charge in [0, 0.05) is 187 Å². The molecule has 3 unspecified atom stereocenters. The van der Waals surface area contributed by atoms with Gasteiger partial charge in [-0.15, -0.1) is 0 Å². The molecule has 5 aliphatic rings. The van der Waals surface area contributed by atoms with Crippen molar-refractivity contribution in [3.05, 3.63) is 175 Å². The van der Waals surface area contributed by atoms with Crippen LogP contribution in [-0.2, 0) is 55.2 Å². The molecule has 101 heavy (non-hydrogen) atoms. The van der Waals surface area contributed by atoms with Crippen molar-refractivity contribution in [2.24, 2.45) is 0 Å². The highest BCUT2D eigenvalue weighted by Gasteiger charge is 2.39. The van der Waals surface area contributed by atoms with E-state index in [9.17, 15) is 46.7 Å². The first-order valence-corrected chi connectivity index (χ1v) is 43.7. The number of fused-ring (bicyclic) bond motifs is 5. The van der Waals surface area contributed by atoms with Crippen molar-refractivity contribution in [3.8, 4) is 0 Å². The molecule has 5 aromatic heterocycles. The number of rotatable bonds is 12. The standard InChI is InChI=1S/2C16H22N2O2S.C15H17FN2OS.C13H16FN3O2S.C13H17N3O2S/c1-3-16(8-10-18(11-9-16)21(2,19)20)14-12-17-15-7-5-4-6-13(14)15;1-3-13-10-12(8-9-18(13)21(2,19)20)15-11-17-16-7-5-4-6-14(15)16;1-20(2,19)18-8-6-11(7-9-18)13-10-17-15-12(13)4-3-5-14(15)16;1-20(18,19)17-6-4-16(5-7-17)13-9-15-12-8-10(14)2-3-11(12)13;1-19(17,18)16-8-6-15(7-9-16)13-10-14-12-5-3-2-4-11(12)13/h4-7,12,17H,3,8-11H2,1-2H3;4-7,11-13,17H,3,8-10H2,1-2H3;3-6,10,17H,1,7-9H2,2H3;2-3,8-9,15H,4-7H2,1H3;2-5,10,14H,6-9H2,1H3. The summed E-state index contributed by atoms with van der Waals surface area (Å²) in [5, 5.41) is 5.59. The number of hydrogen-bond donors (Lipinski definition) is 5. The minimum absolute atomic E-state index is 0.0841. The Balaban J connectivity index is 0.000000127. The third kappa shape index (κ3) is 17.3. The van der Waals surface area contributed by atoms with E-state index < -0.39 is 49.8 Å². The quantitative estimate of drug-likeness (QED) is 0.0719. The van der Waals surface area contributed by atoms with Gasteiger partial charge in [-0.25, -0.2) is 51.1 Å². The average Bonchev–Trinajstić information content (AvgIpc) is 1.96. The molecular formula is C73H94F2N12O9S5. The first-order valence-electron chi connectivity index (χ1n) is 34.2. The van der Waals surface area contributed by atoms with E-state index in [1.807, 2.05) is 59.3 Å². The summed E-state index contributed by atoms with van der Waals surface area (Å²) in [6.07, 6.45) is 25.0. The van der Waals surface area contributed by atoms with Gasteiger partial charge in [0.05, 0.1) is 47.4 Å². The molecule has 5 aromatic carbocycles. The lowest BCUT2D eigenvalue weighted by molar-refractivity contribution is 0.227. The number of para-hydroxylation sites is 4. The van der Waals surface area contributed by atoms with Crippen molar-refractivity contribution in [2.45, 2.75) is 76.2 Å². The number of nitrogens with zero attached hydrogens (tertiary/aromatic N) is 7. The number of H-pyrrole nitrogens is 5. The van der Waals surface area contributed by atoms with E-state index in [0.29, 0.717) is 83.4 Å². The van der Waals surface area contributed by atoms with Crippen LogP contribution in [0.1, 0.15) is 81.4 Å². The van der Waals surface area contributed by atoms with Gasteiger partial charge in [0.1, 0.15) is 11.6 Å². The van der Waals surface area contributed by atoms with Crippen LogP contribution in [0.4, 0.5) is 20.2 Å². The molecule has 5 N–H and O–H groups in total. The number of nitrogens with one attached hydrogen (secondary N) is 5. The lowest BCUT2D eigenvalue weighted by atomic mass is 9.71. The Morgan fingerprint density at radius 3 is 1.54 bits per heavy atom. The van der Waals surface area contributed by atoms with E-state index in [0.717, 1.165) is 108 Å². The van der Waals surface area contributed by atoms with Crippen molar-refractivity contribution in [3.63, 3.8) is 0 Å². The molecule has 28 heteroatoms. The average molecular weight is 1480 g/mol. The summed E-state index contributed by atoms with van der Waals surface area (Å²) in [6.45, 7) is 12.3. The molecule has 544 valence electrons. The van der Waals surface area contributed by atoms with Crippen molar-refractivity contribution in [1.29, 1.82) is 0 Å². The highest BCUT2D eigenvalue weighted by atomic mass is 32.2. The predicted molar refractivity (Wildman–Crippen MR) is 409 cm³/mol. The van der Waals surface area contributed by atoms with Gasteiger partial charge in [-0.05, 0) is 121 Å². The molecule has 3 atom stereocenters. The van der Waals surface area contributed by atoms with Crippen molar-refractivity contribution < 1.29 is 46.7 Å². The Kier molecular flexibility index (Phi) is 22.9. The van der Waals surface area contributed by atoms with Crippen molar-refractivity contribution in [2.75, 3.05) is 126 Å². The number of hydrogen-bond acceptors (Lipinski definition) is 11. The summed E-state index contributed by atoms with van der Waals surface area (Å²) in [6, 6.07) is 34.7. The van der Waals surface area contributed by atoms with Crippen LogP contribution in [0.5, 0.6) is 0 Å². The zero-order valence-corrected chi connectivity index (χ0v) is 62.5. The number of piperazine rings is 2. The van der Waals surface area contributed by atoms with E-state index in [1.165, 1.54) is 80.4 Å². The molecule has 0 aliphatic carbocycles. The zero-order valence-electron chi connectivity index (χ0n) is 58.5. The molecule has 0 bridgehead atoms. The minimum Gasteiger partial charge on any atom is -0.367 e. The first-order chi connectivity index (χ1) is 47.9. The van der Waals surface area contributed by atoms with E-state index in [4.69, 9.17) is 0 Å². The minimum atomic E-state index is -3.12. The fourth-order valence-electron chi connectivity index (χ4n) is 14.9. The summed E-state index contributed by atoms with van der Waals surface area (Å²) in [4.78, 5) is 20.3. The molecule has 5 aliphatic heterocycles. The Bertz CT molecular complexity index is 5180. The summed E-state index contributed by atoms with van der Waals surface area (Å²) in [5.74, 6) is 3.64. The van der Waals surface area contributed by atoms with Crippen molar-refractivity contribution in [1.82, 2.24) is 46.4 Å². The maximum absolute atomic E-state index is 13.7. The summed E-state index contributed by atoms with van der Waals surface area (Å²) < 4.78 is 140. The summed E-state index contributed by atoms with van der Waals surface area (Å²) >= 11 is 0. The lowest BCUT2D eigenvalue weighted by Crippen LogP contribution is -2.48. The van der Waals surface area contributed by atoms with Crippen LogP contribution >= 0.6 is 0 Å². The second-order valence-corrected chi connectivity index (χ2v) is 37.4. The molecule has 15 rings (SSSR count). The second-order valence-electron chi connectivity index (χ2n) is 27.1. The smallest absolute Gasteiger partial charge is 0.211 e. The Morgan fingerprint density at radius 2 is 1.00 bits per heavy atom. The molecule has 0 spiro atoms. The number of sulfonamides is 4. The molecule has 21 nitrogen and oxygen atoms in total. The van der Waals surface area contributed by atoms with Crippen LogP contribution in [0.3, 0.4) is 0 Å². The molecular weight excluding hydrogens is 1390 g/mol. The zero-order chi connectivity index (χ0) is 72.2. The molecule has 4 saturated heterocycles. The number of aromatic nitrogens is 5. The second kappa shape index (κ2) is 30.9. The van der Waals surface area contributed by atoms with E-state index in [1.54, 1.807) is 31.3 Å². The van der Waals surface area contributed by atoms with Crippen LogP contribution in [0, 0.1) is 11.6 Å². The molecule has 0 radical (unpaired) electrons. The highest BCUT2D eigenvalue weighted by molar-refractivity contribution is 7.97. The Labute approximate surface area is 593 Å². The third-order valence-corrected chi connectivity index (χ3v) is 27.3. The molecule has 0 saturated carbocycles. The van der Waals surface area contributed by atoms with Gasteiger partial charge >= 0.3 is 0 Å². The maximum Gasteiger partial charge on any atom is 0.211 e. The van der Waals surface area contributed by atoms with Gasteiger partial charge < -0.3 is 34.7 Å². The highest BCUT2D eigenvalue weighted by Crippen LogP contribution is 2.43. The largest absolute Gasteiger partial charge is 0.367 e. The summed E-state index contributed by atoms with van der Waals surface area (Å²) in [5.41, 5.74) is 11.8. The number of aromatic amines is 5. The Morgan fingerprint density at radius 1 is 0.495 bits per heavy atom. The van der Waals surface area contributed by atoms with Crippen molar-refractivity contribution >= 4 is 127 Å². The van der Waals surface area contributed by atoms with Crippen LogP contribution in [0.15, 0.2) is 146 Å². The lowest BCUT2D eigenvalue weighted by Gasteiger charge is -2.40. The first kappa shape index (κ1) is 74.8. The third-order valence-electron chi connectivity index (χ3n) is 20.6. The van der Waals surface area contributed by atoms with E-state index in [-0.39, 0.29) is 23.1 Å². The monoisotopic (exact) mass is 1480 g/mol. The fourth-order valence-corrected chi connectivity index (χ4v) is 19.5. The van der Waals surface area contributed by atoms with Crippen LogP contribution in [0.2, 0.25) is 0 Å². The molecule has 0 amide bonds. The maximum atomic E-state index is 13.7. The van der Waals surface area contributed by atoms with Gasteiger partial charge in [-0.2, -0.15) is 12.9 Å². The number of halogens is 2. The van der Waals surface area contributed by atoms with Gasteiger partial charge in [0.2, 0.25) is 40.1 Å². The fraction of sp³-hybridized carbons (Fsp3) is 0.411. The Hall–Kier alpha value is -7.38. The van der Waals surface area contributed by atoms with Crippen LogP contribution in [0.25, 0.3) is 60.1 Å². The van der Waals surface area contributed by atoms with Gasteiger partial charge in [-0.1, -0.05) is 86.7 Å². The van der Waals surface area contributed by atoms with Gasteiger partial charge in [-0.3, -0.25) is 4.21 Å². The number of benzene rings is 5. The molecule has 10 aromatic rings. The predicted octanol–water partition coefficient (Wildman–Crippen LogP) is 11.3. The number of anilines is 2. The molecule has 4 fully saturated rings. The SMILES string of the molecule is C=S(C)(=O)N1CC=C(c2c[nH]c3c(F)cccc23)CC1.CCC1(c2c[nH]c3ccccc23)CCN(S(C)(=O)=O)CC1.CCC1CC(c2c[nH]c3ccccc23)CCN1S(C)(=O)=O.CS(=O)(=O)N1CCN(c2c[nH]c3cc(F)ccc23)CC1.CS(=O)(=O)N1CCN(c2c[nH]c3ccccc23)CC1. The van der Waals surface area contributed by atoms with Crippen LogP contribution in [-0.4, -0.2) is 213 Å². The van der Waals surface area contributed by atoms with E-state index in [2.05, 4.69) is 115 Å². The van der Waals surface area contributed by atoms with Gasteiger partial charge in [0.15, 0.2) is 0 Å².